The van der Waals surface area contributed by atoms with Crippen molar-refractivity contribution in [1.29, 1.82) is 0 Å². The highest BCUT2D eigenvalue weighted by Crippen LogP contribution is 2.25. The molecule has 0 bridgehead atoms. The number of hydrogen-bond acceptors (Lipinski definition) is 2. The first-order valence-electron chi connectivity index (χ1n) is 19.5. The molecule has 0 saturated heterocycles. The number of unbranched alkanes of at least 4 members (excludes halogenated alkanes) is 23. The lowest BCUT2D eigenvalue weighted by Crippen LogP contribution is -1.85. The zero-order valence-electron chi connectivity index (χ0n) is 31.2. The van der Waals surface area contributed by atoms with Crippen molar-refractivity contribution in [3.05, 3.63) is 24.3 Å². The average molecular weight is 648 g/mol. The first-order valence-corrected chi connectivity index (χ1v) is 21.5. The van der Waals surface area contributed by atoms with Crippen molar-refractivity contribution in [3.63, 3.8) is 0 Å². The maximum Gasteiger partial charge on any atom is 0.00727 e. The van der Waals surface area contributed by atoms with Gasteiger partial charge in [0.1, 0.15) is 0 Å². The molecule has 259 valence electrons. The largest absolute Gasteiger partial charge is 0.126 e. The molecular formula is C41H80BS2. The predicted molar refractivity (Wildman–Crippen MR) is 212 cm³/mol. The second-order valence-corrected chi connectivity index (χ2v) is 15.0. The van der Waals surface area contributed by atoms with Crippen molar-refractivity contribution in [1.82, 2.24) is 0 Å². The van der Waals surface area contributed by atoms with Gasteiger partial charge in [0, 0.05) is 18.2 Å². The van der Waals surface area contributed by atoms with E-state index in [0.29, 0.717) is 0 Å². The van der Waals surface area contributed by atoms with Crippen LogP contribution in [0.4, 0.5) is 0 Å². The second-order valence-electron chi connectivity index (χ2n) is 12.7. The van der Waals surface area contributed by atoms with E-state index < -0.39 is 0 Å². The zero-order chi connectivity index (χ0) is 31.9. The molecule has 3 radical (unpaired) electrons. The van der Waals surface area contributed by atoms with Gasteiger partial charge in [-0.2, -0.15) is 0 Å². The second kappa shape index (κ2) is 45.1. The highest BCUT2D eigenvalue weighted by Gasteiger charge is 1.99. The van der Waals surface area contributed by atoms with Gasteiger partial charge in [-0.05, 0) is 48.6 Å². The lowest BCUT2D eigenvalue weighted by molar-refractivity contribution is 0.563. The van der Waals surface area contributed by atoms with Crippen molar-refractivity contribution < 1.29 is 0 Å². The Morgan fingerprint density at radius 1 is 0.318 bits per heavy atom. The molecule has 0 aliphatic carbocycles. The summed E-state index contributed by atoms with van der Waals surface area (Å²) in [5.41, 5.74) is 0. The topological polar surface area (TPSA) is 0 Å². The molecule has 0 N–H and O–H groups in total. The highest BCUT2D eigenvalue weighted by atomic mass is 32.2. The maximum atomic E-state index is 2.34. The third-order valence-corrected chi connectivity index (χ3v) is 10.0. The Balaban J connectivity index is -0.00000119. The summed E-state index contributed by atoms with van der Waals surface area (Å²) in [6.07, 6.45) is 38.3. The Bertz CT molecular complexity index is 538. The average Bonchev–Trinajstić information content (AvgIpc) is 3.02. The molecular weight excluding hydrogens is 567 g/mol. The molecule has 0 aliphatic heterocycles. The van der Waals surface area contributed by atoms with Gasteiger partial charge in [0.25, 0.3) is 0 Å². The van der Waals surface area contributed by atoms with Crippen LogP contribution < -0.4 is 0 Å². The summed E-state index contributed by atoms with van der Waals surface area (Å²) >= 11 is 4.09. The van der Waals surface area contributed by atoms with E-state index in [1.807, 2.05) is 23.5 Å². The van der Waals surface area contributed by atoms with Crippen molar-refractivity contribution in [2.24, 2.45) is 0 Å². The number of thioether (sulfide) groups is 2. The van der Waals surface area contributed by atoms with E-state index in [1.165, 1.54) is 195 Å². The minimum Gasteiger partial charge on any atom is -0.126 e. The van der Waals surface area contributed by atoms with Crippen molar-refractivity contribution >= 4 is 31.9 Å². The Kier molecular flexibility index (Phi) is 49.6. The van der Waals surface area contributed by atoms with E-state index in [9.17, 15) is 0 Å². The van der Waals surface area contributed by atoms with Crippen molar-refractivity contribution in [3.8, 4) is 0 Å². The van der Waals surface area contributed by atoms with E-state index in [-0.39, 0.29) is 8.41 Å². The van der Waals surface area contributed by atoms with E-state index in [4.69, 9.17) is 0 Å². The minimum absolute atomic E-state index is 0. The summed E-state index contributed by atoms with van der Waals surface area (Å²) in [6.45, 7) is 13.4. The third-order valence-electron chi connectivity index (χ3n) is 7.81. The first-order chi connectivity index (χ1) is 21.2. The molecule has 0 atom stereocenters. The molecule has 0 spiro atoms. The smallest absolute Gasteiger partial charge is 0.00727 e. The number of rotatable bonds is 29. The van der Waals surface area contributed by atoms with Crippen LogP contribution in [0.3, 0.4) is 0 Å². The maximum absolute atomic E-state index is 2.34. The molecule has 0 aliphatic rings. The van der Waals surface area contributed by atoms with Crippen LogP contribution in [0.1, 0.15) is 215 Å². The van der Waals surface area contributed by atoms with Crippen molar-refractivity contribution in [2.75, 3.05) is 11.5 Å². The summed E-state index contributed by atoms with van der Waals surface area (Å²) < 4.78 is 0. The standard InChI is InChI=1S/C30H54S2.C8H18.C3H8.B/c1-3-5-7-9-11-13-15-17-19-21-27-31-29-23-25-30(26-24-29)32-28-22-20-18-16-14-12-10-8-6-4-2;1-3-5-7-8-6-4-2;1-3-2;/h23-26H,3-22,27-28H2,1-2H3;3-8H2,1-2H3;3H2,1-2H3;. The van der Waals surface area contributed by atoms with Crippen LogP contribution in [0.25, 0.3) is 0 Å². The van der Waals surface area contributed by atoms with Gasteiger partial charge in [0.05, 0.1) is 0 Å². The Hall–Kier alpha value is -0.0151. The molecule has 0 saturated carbocycles. The van der Waals surface area contributed by atoms with Gasteiger partial charge >= 0.3 is 0 Å². The van der Waals surface area contributed by atoms with Crippen LogP contribution >= 0.6 is 23.5 Å². The molecule has 1 rings (SSSR count). The van der Waals surface area contributed by atoms with E-state index >= 15 is 0 Å². The van der Waals surface area contributed by atoms with Crippen LogP contribution in [0.5, 0.6) is 0 Å². The fraction of sp³-hybridized carbons (Fsp3) is 0.854. The van der Waals surface area contributed by atoms with Gasteiger partial charge < -0.3 is 0 Å². The SMILES string of the molecule is CCC.CCCCCCCC.CCCCCCCCCCCCSc1ccc(SCCCCCCCCCCCC)cc1.[B]. The number of hydrogen-bond donors (Lipinski definition) is 0. The minimum atomic E-state index is 0. The van der Waals surface area contributed by atoms with Gasteiger partial charge in [0.15, 0.2) is 0 Å². The number of benzene rings is 1. The summed E-state index contributed by atoms with van der Waals surface area (Å²) in [6, 6.07) is 9.34. The Morgan fingerprint density at radius 3 is 0.705 bits per heavy atom. The van der Waals surface area contributed by atoms with Crippen LogP contribution in [0, 0.1) is 0 Å². The quantitative estimate of drug-likeness (QED) is 0.0482. The molecule has 0 nitrogen and oxygen atoms in total. The molecule has 0 aromatic heterocycles. The van der Waals surface area contributed by atoms with E-state index in [2.05, 4.69) is 65.8 Å². The van der Waals surface area contributed by atoms with Crippen molar-refractivity contribution in [2.45, 2.75) is 225 Å². The van der Waals surface area contributed by atoms with Gasteiger partial charge in [-0.15, -0.1) is 23.5 Å². The molecule has 0 amide bonds. The predicted octanol–water partition coefficient (Wildman–Crippen LogP) is 16.1. The van der Waals surface area contributed by atoms with Gasteiger partial charge in [-0.1, -0.05) is 202 Å². The lowest BCUT2D eigenvalue weighted by Gasteiger charge is -2.05. The van der Waals surface area contributed by atoms with Crippen LogP contribution in [-0.4, -0.2) is 19.9 Å². The normalized spacial score (nSPS) is 10.4. The third kappa shape index (κ3) is 42.0. The Labute approximate surface area is 291 Å². The highest BCUT2D eigenvalue weighted by molar-refractivity contribution is 7.99. The van der Waals surface area contributed by atoms with E-state index in [0.717, 1.165) is 0 Å². The lowest BCUT2D eigenvalue weighted by atomic mass is 10.1. The summed E-state index contributed by atoms with van der Waals surface area (Å²) in [5.74, 6) is 2.56. The summed E-state index contributed by atoms with van der Waals surface area (Å²) in [4.78, 5) is 2.90. The van der Waals surface area contributed by atoms with Gasteiger partial charge in [-0.25, -0.2) is 0 Å². The molecule has 0 heterocycles. The summed E-state index contributed by atoms with van der Waals surface area (Å²) in [5, 5.41) is 0. The van der Waals surface area contributed by atoms with Crippen LogP contribution in [0.15, 0.2) is 34.1 Å². The van der Waals surface area contributed by atoms with E-state index in [1.54, 1.807) is 0 Å². The van der Waals surface area contributed by atoms with Crippen LogP contribution in [-0.2, 0) is 0 Å². The zero-order valence-corrected chi connectivity index (χ0v) is 32.8. The molecule has 1 aromatic rings. The molecule has 0 unspecified atom stereocenters. The van der Waals surface area contributed by atoms with Crippen LogP contribution in [0.2, 0.25) is 0 Å². The molecule has 1 aromatic carbocycles. The molecule has 44 heavy (non-hydrogen) atoms. The monoisotopic (exact) mass is 648 g/mol. The van der Waals surface area contributed by atoms with Gasteiger partial charge in [-0.3, -0.25) is 0 Å². The van der Waals surface area contributed by atoms with Gasteiger partial charge in [0.2, 0.25) is 0 Å². The first kappa shape index (κ1) is 48.4. The summed E-state index contributed by atoms with van der Waals surface area (Å²) in [7, 11) is 0. The molecule has 3 heteroatoms. The Morgan fingerprint density at radius 2 is 0.500 bits per heavy atom. The molecule has 0 fully saturated rings. The fourth-order valence-electron chi connectivity index (χ4n) is 5.04. The fourth-order valence-corrected chi connectivity index (χ4v) is 6.87.